The Balaban J connectivity index is 2.02. The van der Waals surface area contributed by atoms with E-state index in [1.54, 1.807) is 7.11 Å². The molecule has 1 N–H and O–H groups in total. The lowest BCUT2D eigenvalue weighted by Gasteiger charge is -2.35. The first-order valence-electron chi connectivity index (χ1n) is 4.52. The monoisotopic (exact) mass is 184 g/mol. The molecule has 0 atom stereocenters. The molecule has 1 fully saturated rings. The molecule has 0 radical (unpaired) electrons. The molecule has 0 spiro atoms. The van der Waals surface area contributed by atoms with Crippen molar-refractivity contribution in [3.05, 3.63) is 0 Å². The summed E-state index contributed by atoms with van der Waals surface area (Å²) < 4.78 is 9.93. The van der Waals surface area contributed by atoms with Gasteiger partial charge in [-0.15, -0.1) is 0 Å². The van der Waals surface area contributed by atoms with Crippen molar-refractivity contribution in [1.82, 2.24) is 5.32 Å². The van der Waals surface area contributed by atoms with Gasteiger partial charge in [0, 0.05) is 20.3 Å². The molecule has 0 bridgehead atoms. The highest BCUT2D eigenvalue weighted by Crippen LogP contribution is 2.24. The fourth-order valence-corrected chi connectivity index (χ4v) is 1.22. The van der Waals surface area contributed by atoms with Crippen LogP contribution in [0.25, 0.3) is 0 Å². The fraction of sp³-hybridized carbons (Fsp3) is 0.889. The Bertz CT molecular complexity index is 185. The van der Waals surface area contributed by atoms with E-state index >= 15 is 0 Å². The molecule has 1 heterocycles. The number of methoxy groups -OCH3 is 1. The van der Waals surface area contributed by atoms with Gasteiger partial charge in [-0.05, 0) is 13.0 Å². The first kappa shape index (κ1) is 10.5. The first-order valence-corrected chi connectivity index (χ1v) is 4.52. The van der Waals surface area contributed by atoms with Crippen LogP contribution in [0.4, 0.5) is 0 Å². The van der Waals surface area contributed by atoms with E-state index < -0.39 is 0 Å². The third-order valence-electron chi connectivity index (χ3n) is 2.16. The van der Waals surface area contributed by atoms with Crippen LogP contribution in [0, 0.1) is 16.7 Å². The molecule has 0 aromatic carbocycles. The van der Waals surface area contributed by atoms with Crippen molar-refractivity contribution in [2.24, 2.45) is 5.41 Å². The summed E-state index contributed by atoms with van der Waals surface area (Å²) in [5.74, 6) is 0. The lowest BCUT2D eigenvalue weighted by Crippen LogP contribution is -2.48. The van der Waals surface area contributed by atoms with Gasteiger partial charge in [-0.25, -0.2) is 0 Å². The van der Waals surface area contributed by atoms with E-state index in [1.807, 2.05) is 0 Å². The normalized spacial score (nSPS) is 19.1. The van der Waals surface area contributed by atoms with Crippen molar-refractivity contribution >= 4 is 0 Å². The zero-order valence-electron chi connectivity index (χ0n) is 8.01. The van der Waals surface area contributed by atoms with E-state index in [2.05, 4.69) is 11.4 Å². The number of nitriles is 1. The van der Waals surface area contributed by atoms with Crippen LogP contribution in [-0.4, -0.2) is 40.0 Å². The lowest BCUT2D eigenvalue weighted by atomic mass is 9.88. The summed E-state index contributed by atoms with van der Waals surface area (Å²) in [6.45, 7) is 3.54. The van der Waals surface area contributed by atoms with Crippen LogP contribution >= 0.6 is 0 Å². The van der Waals surface area contributed by atoms with Crippen molar-refractivity contribution in [1.29, 1.82) is 5.26 Å². The topological polar surface area (TPSA) is 54.3 Å². The second-order valence-corrected chi connectivity index (χ2v) is 3.41. The van der Waals surface area contributed by atoms with E-state index in [4.69, 9.17) is 14.7 Å². The molecule has 0 saturated carbocycles. The number of rotatable bonds is 6. The molecule has 0 aromatic heterocycles. The van der Waals surface area contributed by atoms with E-state index in [9.17, 15) is 0 Å². The molecule has 0 aliphatic carbocycles. The van der Waals surface area contributed by atoms with Crippen LogP contribution in [0.1, 0.15) is 6.42 Å². The van der Waals surface area contributed by atoms with Gasteiger partial charge in [-0.1, -0.05) is 0 Å². The summed E-state index contributed by atoms with van der Waals surface area (Å²) >= 11 is 0. The van der Waals surface area contributed by atoms with Crippen LogP contribution in [0.5, 0.6) is 0 Å². The van der Waals surface area contributed by atoms with E-state index in [1.165, 1.54) is 0 Å². The summed E-state index contributed by atoms with van der Waals surface area (Å²) in [6.07, 6.45) is 0.985. The third kappa shape index (κ3) is 2.96. The molecular formula is C9H16N2O2. The Kier molecular flexibility index (Phi) is 4.16. The predicted molar refractivity (Wildman–Crippen MR) is 48.2 cm³/mol. The molecular weight excluding hydrogens is 168 g/mol. The minimum absolute atomic E-state index is 0.257. The number of hydrogen-bond acceptors (Lipinski definition) is 4. The predicted octanol–water partition coefficient (Wildman–Crippen LogP) is 0.153. The Morgan fingerprint density at radius 3 is 2.85 bits per heavy atom. The van der Waals surface area contributed by atoms with Gasteiger partial charge in [0.1, 0.15) is 5.41 Å². The molecule has 74 valence electrons. The van der Waals surface area contributed by atoms with Gasteiger partial charge in [-0.3, -0.25) is 0 Å². The van der Waals surface area contributed by atoms with Crippen LogP contribution < -0.4 is 5.32 Å². The molecule has 1 aliphatic heterocycles. The smallest absolute Gasteiger partial charge is 0.116 e. The molecule has 0 aromatic rings. The average molecular weight is 184 g/mol. The SMILES string of the molecule is COCCCNCC1(C#N)COC1. The Labute approximate surface area is 78.8 Å². The van der Waals surface area contributed by atoms with E-state index in [-0.39, 0.29) is 5.41 Å². The zero-order valence-corrected chi connectivity index (χ0v) is 8.01. The van der Waals surface area contributed by atoms with Gasteiger partial charge in [0.05, 0.1) is 19.3 Å². The second kappa shape index (κ2) is 5.18. The Hall–Kier alpha value is -0.630. The minimum Gasteiger partial charge on any atom is -0.385 e. The van der Waals surface area contributed by atoms with Gasteiger partial charge in [-0.2, -0.15) is 5.26 Å². The van der Waals surface area contributed by atoms with Crippen molar-refractivity contribution < 1.29 is 9.47 Å². The minimum atomic E-state index is -0.257. The van der Waals surface area contributed by atoms with Gasteiger partial charge < -0.3 is 14.8 Å². The Morgan fingerprint density at radius 2 is 2.38 bits per heavy atom. The maximum atomic E-state index is 8.84. The van der Waals surface area contributed by atoms with Gasteiger partial charge in [0.25, 0.3) is 0 Å². The highest BCUT2D eigenvalue weighted by molar-refractivity contribution is 5.05. The maximum absolute atomic E-state index is 8.84. The van der Waals surface area contributed by atoms with Gasteiger partial charge in [0.2, 0.25) is 0 Å². The van der Waals surface area contributed by atoms with Crippen LogP contribution in [0.2, 0.25) is 0 Å². The summed E-state index contributed by atoms with van der Waals surface area (Å²) in [5.41, 5.74) is -0.257. The van der Waals surface area contributed by atoms with Crippen molar-refractivity contribution in [2.45, 2.75) is 6.42 Å². The quantitative estimate of drug-likeness (QED) is 0.597. The number of hydrogen-bond donors (Lipinski definition) is 1. The molecule has 0 amide bonds. The highest BCUT2D eigenvalue weighted by atomic mass is 16.5. The molecule has 4 heteroatoms. The number of ether oxygens (including phenoxy) is 2. The van der Waals surface area contributed by atoms with E-state index in [0.29, 0.717) is 13.2 Å². The highest BCUT2D eigenvalue weighted by Gasteiger charge is 2.38. The largest absolute Gasteiger partial charge is 0.385 e. The van der Waals surface area contributed by atoms with Gasteiger partial charge in [0.15, 0.2) is 0 Å². The Morgan fingerprint density at radius 1 is 1.62 bits per heavy atom. The summed E-state index contributed by atoms with van der Waals surface area (Å²) in [6, 6.07) is 2.29. The van der Waals surface area contributed by atoms with Crippen LogP contribution in [0.15, 0.2) is 0 Å². The number of nitrogens with one attached hydrogen (secondary N) is 1. The van der Waals surface area contributed by atoms with Crippen LogP contribution in [-0.2, 0) is 9.47 Å². The standard InChI is InChI=1S/C9H16N2O2/c1-12-4-2-3-11-6-9(5-10)7-13-8-9/h11H,2-4,6-8H2,1H3. The maximum Gasteiger partial charge on any atom is 0.116 e. The molecule has 1 aliphatic rings. The molecule has 1 rings (SSSR count). The first-order chi connectivity index (χ1) is 6.33. The lowest BCUT2D eigenvalue weighted by molar-refractivity contribution is -0.0754. The summed E-state index contributed by atoms with van der Waals surface area (Å²) in [7, 11) is 1.69. The fourth-order valence-electron chi connectivity index (χ4n) is 1.22. The summed E-state index contributed by atoms with van der Waals surface area (Å²) in [5, 5.41) is 12.1. The molecule has 4 nitrogen and oxygen atoms in total. The zero-order chi connectivity index (χ0) is 9.57. The molecule has 13 heavy (non-hydrogen) atoms. The van der Waals surface area contributed by atoms with E-state index in [0.717, 1.165) is 26.1 Å². The van der Waals surface area contributed by atoms with Crippen molar-refractivity contribution in [2.75, 3.05) is 40.0 Å². The number of nitrogens with zero attached hydrogens (tertiary/aromatic N) is 1. The average Bonchev–Trinajstić information content (AvgIpc) is 2.09. The molecule has 0 unspecified atom stereocenters. The van der Waals surface area contributed by atoms with Crippen LogP contribution in [0.3, 0.4) is 0 Å². The molecule has 1 saturated heterocycles. The van der Waals surface area contributed by atoms with Crippen molar-refractivity contribution in [3.63, 3.8) is 0 Å². The second-order valence-electron chi connectivity index (χ2n) is 3.41. The van der Waals surface area contributed by atoms with Crippen molar-refractivity contribution in [3.8, 4) is 6.07 Å². The summed E-state index contributed by atoms with van der Waals surface area (Å²) in [4.78, 5) is 0. The van der Waals surface area contributed by atoms with Gasteiger partial charge >= 0.3 is 0 Å². The third-order valence-corrected chi connectivity index (χ3v) is 2.16.